The number of carbonyl (C=O) groups is 1. The summed E-state index contributed by atoms with van der Waals surface area (Å²) in [5, 5.41) is 8.25. The quantitative estimate of drug-likeness (QED) is 0.214. The van der Waals surface area contributed by atoms with Crippen molar-refractivity contribution in [2.45, 2.75) is 25.3 Å². The lowest BCUT2D eigenvalue weighted by atomic mass is 10.0. The number of aromatic nitrogens is 2. The highest BCUT2D eigenvalue weighted by Crippen LogP contribution is 2.40. The second kappa shape index (κ2) is 13.4. The molecule has 0 saturated carbocycles. The highest BCUT2D eigenvalue weighted by Gasteiger charge is 2.25. The van der Waals surface area contributed by atoms with E-state index in [0.29, 0.717) is 41.2 Å². The Balaban J connectivity index is 1.51. The van der Waals surface area contributed by atoms with E-state index in [1.165, 1.54) is 28.0 Å². The smallest absolute Gasteiger partial charge is 0.247 e. The highest BCUT2D eigenvalue weighted by molar-refractivity contribution is 7.92. The van der Waals surface area contributed by atoms with E-state index in [4.69, 9.17) is 14.7 Å². The summed E-state index contributed by atoms with van der Waals surface area (Å²) < 4.78 is 32.7. The fourth-order valence-corrected chi connectivity index (χ4v) is 6.91. The SMILES string of the molecule is C=CC(=O)Nc1cc(Nc2nc(Cc3ccccc3N(C)S(C)(=O)=O)c3sccc3n2)c(OC)cc1N1CCC(N(C)C)CC1. The first-order chi connectivity index (χ1) is 21.5. The maximum atomic E-state index is 12.5. The number of anilines is 5. The molecule has 0 radical (unpaired) electrons. The molecule has 0 spiro atoms. The van der Waals surface area contributed by atoms with Gasteiger partial charge in [0.25, 0.3) is 0 Å². The Hall–Kier alpha value is -4.20. The Labute approximate surface area is 268 Å². The van der Waals surface area contributed by atoms with Gasteiger partial charge < -0.3 is 25.2 Å². The van der Waals surface area contributed by atoms with Gasteiger partial charge in [-0.1, -0.05) is 24.8 Å². The van der Waals surface area contributed by atoms with Crippen LogP contribution in [0.15, 0.2) is 60.5 Å². The first-order valence-corrected chi connectivity index (χ1v) is 17.3. The van der Waals surface area contributed by atoms with Gasteiger partial charge in [0.1, 0.15) is 5.75 Å². The number of rotatable bonds is 11. The molecule has 1 amide bonds. The fraction of sp³-hybridized carbons (Fsp3) is 0.344. The second-order valence-corrected chi connectivity index (χ2v) is 14.2. The number of amides is 1. The Morgan fingerprint density at radius 2 is 1.87 bits per heavy atom. The number of nitrogens with one attached hydrogen (secondary N) is 2. The predicted octanol–water partition coefficient (Wildman–Crippen LogP) is 5.09. The maximum Gasteiger partial charge on any atom is 0.247 e. The third-order valence-corrected chi connectivity index (χ3v) is 10.2. The molecule has 2 aromatic carbocycles. The van der Waals surface area contributed by atoms with Crippen LogP contribution in [0.5, 0.6) is 5.75 Å². The molecule has 4 aromatic rings. The molecule has 238 valence electrons. The van der Waals surface area contributed by atoms with E-state index < -0.39 is 10.0 Å². The summed E-state index contributed by atoms with van der Waals surface area (Å²) in [6.45, 7) is 5.30. The molecule has 0 atom stereocenters. The van der Waals surface area contributed by atoms with Crippen molar-refractivity contribution in [3.63, 3.8) is 0 Å². The number of benzene rings is 2. The van der Waals surface area contributed by atoms with Crippen LogP contribution in [0.2, 0.25) is 0 Å². The van der Waals surface area contributed by atoms with Crippen LogP contribution in [0.1, 0.15) is 24.1 Å². The zero-order chi connectivity index (χ0) is 32.3. The number of para-hydroxylation sites is 1. The molecule has 2 N–H and O–H groups in total. The minimum Gasteiger partial charge on any atom is -0.494 e. The first-order valence-electron chi connectivity index (χ1n) is 14.6. The summed E-state index contributed by atoms with van der Waals surface area (Å²) in [5.74, 6) is 0.613. The third-order valence-electron chi connectivity index (χ3n) is 8.10. The summed E-state index contributed by atoms with van der Waals surface area (Å²) in [7, 11) is 3.90. The van der Waals surface area contributed by atoms with Crippen LogP contribution in [0.3, 0.4) is 0 Å². The van der Waals surface area contributed by atoms with Crippen LogP contribution < -0.4 is 24.6 Å². The Morgan fingerprint density at radius 3 is 2.53 bits per heavy atom. The molecule has 5 rings (SSSR count). The van der Waals surface area contributed by atoms with Crippen LogP contribution in [-0.2, 0) is 21.2 Å². The molecule has 1 aliphatic heterocycles. The van der Waals surface area contributed by atoms with Gasteiger partial charge in [-0.25, -0.2) is 18.4 Å². The summed E-state index contributed by atoms with van der Waals surface area (Å²) >= 11 is 1.53. The predicted molar refractivity (Wildman–Crippen MR) is 184 cm³/mol. The van der Waals surface area contributed by atoms with E-state index in [2.05, 4.69) is 41.1 Å². The van der Waals surface area contributed by atoms with Gasteiger partial charge in [-0.3, -0.25) is 9.10 Å². The highest BCUT2D eigenvalue weighted by atomic mass is 32.2. The fourth-order valence-electron chi connectivity index (χ4n) is 5.55. The number of fused-ring (bicyclic) bond motifs is 1. The maximum absolute atomic E-state index is 12.5. The average Bonchev–Trinajstić information content (AvgIpc) is 3.50. The number of ether oxygens (including phenoxy) is 1. The molecule has 11 nitrogen and oxygen atoms in total. The average molecular weight is 650 g/mol. The van der Waals surface area contributed by atoms with Gasteiger partial charge in [-0.05, 0) is 62.2 Å². The van der Waals surface area contributed by atoms with Crippen molar-refractivity contribution < 1.29 is 17.9 Å². The monoisotopic (exact) mass is 649 g/mol. The standard InChI is InChI=1S/C32H39N7O4S2/c1-7-30(40)33-24-19-25(29(43-5)20-28(24)39-15-12-22(13-16-39)37(2)3)35-32-34-23-14-17-44-31(23)26(36-32)18-21-10-8-9-11-27(21)38(4)45(6,41)42/h7-11,14,17,19-20,22H,1,12-13,15-16,18H2,2-6H3,(H,33,40)(H,34,35,36). The van der Waals surface area contributed by atoms with Crippen LogP contribution in [0.25, 0.3) is 10.2 Å². The van der Waals surface area contributed by atoms with E-state index in [9.17, 15) is 13.2 Å². The third kappa shape index (κ3) is 7.21. The largest absolute Gasteiger partial charge is 0.494 e. The number of carbonyl (C=O) groups excluding carboxylic acids is 1. The van der Waals surface area contributed by atoms with E-state index in [1.807, 2.05) is 41.8 Å². The molecule has 45 heavy (non-hydrogen) atoms. The topological polar surface area (TPSA) is 120 Å². The van der Waals surface area contributed by atoms with Crippen molar-refractivity contribution in [1.82, 2.24) is 14.9 Å². The molecule has 1 fully saturated rings. The lowest BCUT2D eigenvalue weighted by molar-refractivity contribution is -0.111. The minimum atomic E-state index is -3.46. The van der Waals surface area contributed by atoms with Gasteiger partial charge in [0, 0.05) is 38.7 Å². The van der Waals surface area contributed by atoms with Crippen LogP contribution in [0, 0.1) is 0 Å². The van der Waals surface area contributed by atoms with Gasteiger partial charge in [0.15, 0.2) is 0 Å². The molecular weight excluding hydrogens is 611 g/mol. The van der Waals surface area contributed by atoms with Crippen molar-refractivity contribution in [2.24, 2.45) is 0 Å². The molecule has 2 aromatic heterocycles. The zero-order valence-corrected chi connectivity index (χ0v) is 27.8. The van der Waals surface area contributed by atoms with E-state index in [1.54, 1.807) is 20.2 Å². The molecule has 0 unspecified atom stereocenters. The number of methoxy groups -OCH3 is 1. The number of piperidine rings is 1. The summed E-state index contributed by atoms with van der Waals surface area (Å²) in [6.07, 6.45) is 4.83. The van der Waals surface area contributed by atoms with E-state index in [-0.39, 0.29) is 5.91 Å². The van der Waals surface area contributed by atoms with E-state index in [0.717, 1.165) is 53.1 Å². The summed E-state index contributed by atoms with van der Waals surface area (Å²) in [5.41, 5.74) is 5.01. The Morgan fingerprint density at radius 1 is 1.13 bits per heavy atom. The number of thiophene rings is 1. The Kier molecular flexibility index (Phi) is 9.61. The molecule has 1 saturated heterocycles. The van der Waals surface area contributed by atoms with Gasteiger partial charge in [0.05, 0.1) is 52.0 Å². The molecule has 1 aliphatic rings. The number of hydrogen-bond donors (Lipinski definition) is 2. The van der Waals surface area contributed by atoms with Crippen molar-refractivity contribution in [3.05, 3.63) is 71.8 Å². The van der Waals surface area contributed by atoms with Gasteiger partial charge in [-0.2, -0.15) is 0 Å². The first kappa shape index (κ1) is 32.2. The van der Waals surface area contributed by atoms with Crippen LogP contribution in [-0.4, -0.2) is 82.8 Å². The van der Waals surface area contributed by atoms with E-state index >= 15 is 0 Å². The number of hydrogen-bond acceptors (Lipinski definition) is 10. The van der Waals surface area contributed by atoms with Crippen LogP contribution >= 0.6 is 11.3 Å². The number of sulfonamides is 1. The van der Waals surface area contributed by atoms with Crippen molar-refractivity contribution in [2.75, 3.05) is 67.4 Å². The number of nitrogens with zero attached hydrogens (tertiary/aromatic N) is 5. The molecule has 13 heteroatoms. The van der Waals surface area contributed by atoms with Gasteiger partial charge in [0.2, 0.25) is 21.9 Å². The zero-order valence-electron chi connectivity index (χ0n) is 26.2. The summed E-state index contributed by atoms with van der Waals surface area (Å²) in [4.78, 5) is 26.7. The van der Waals surface area contributed by atoms with Crippen molar-refractivity contribution in [1.29, 1.82) is 0 Å². The van der Waals surface area contributed by atoms with Crippen molar-refractivity contribution in [3.8, 4) is 5.75 Å². The normalized spacial score (nSPS) is 14.0. The second-order valence-electron chi connectivity index (χ2n) is 11.2. The van der Waals surface area contributed by atoms with Crippen LogP contribution in [0.4, 0.5) is 28.7 Å². The lowest BCUT2D eigenvalue weighted by Gasteiger charge is -2.37. The minimum absolute atomic E-state index is 0.313. The molecule has 3 heterocycles. The lowest BCUT2D eigenvalue weighted by Crippen LogP contribution is -2.42. The van der Waals surface area contributed by atoms with Gasteiger partial charge in [-0.15, -0.1) is 11.3 Å². The van der Waals surface area contributed by atoms with Gasteiger partial charge >= 0.3 is 0 Å². The molecule has 0 aliphatic carbocycles. The van der Waals surface area contributed by atoms with Crippen molar-refractivity contribution >= 4 is 66.2 Å². The molecule has 0 bridgehead atoms. The molecular formula is C32H39N7O4S2. The Bertz CT molecular complexity index is 1820. The summed E-state index contributed by atoms with van der Waals surface area (Å²) in [6, 6.07) is 13.6.